The summed E-state index contributed by atoms with van der Waals surface area (Å²) in [7, 11) is 1.44. The first-order valence-corrected chi connectivity index (χ1v) is 11.6. The number of urea groups is 1. The van der Waals surface area contributed by atoms with Crippen molar-refractivity contribution in [2.45, 2.75) is 44.1 Å². The molecule has 38 heavy (non-hydrogen) atoms. The molecule has 1 aliphatic heterocycles. The minimum absolute atomic E-state index is 0.0687. The number of fused-ring (bicyclic) bond motifs is 2. The minimum atomic E-state index is -4.79. The summed E-state index contributed by atoms with van der Waals surface area (Å²) in [6, 6.07) is 6.55. The van der Waals surface area contributed by atoms with E-state index >= 15 is 0 Å². The van der Waals surface area contributed by atoms with Gasteiger partial charge in [-0.15, -0.1) is 0 Å². The maximum absolute atomic E-state index is 13.6. The molecule has 1 spiro atoms. The van der Waals surface area contributed by atoms with Crippen molar-refractivity contribution in [2.24, 2.45) is 0 Å². The Labute approximate surface area is 214 Å². The summed E-state index contributed by atoms with van der Waals surface area (Å²) in [5.41, 5.74) is -0.0256. The highest BCUT2D eigenvalue weighted by atomic mass is 19.4. The number of hydrogen-bond acceptors (Lipinski definition) is 5. The number of nitrogens with zero attached hydrogens (tertiary/aromatic N) is 2. The van der Waals surface area contributed by atoms with Crippen molar-refractivity contribution >= 4 is 29.6 Å². The van der Waals surface area contributed by atoms with Gasteiger partial charge in [-0.1, -0.05) is 18.2 Å². The van der Waals surface area contributed by atoms with E-state index in [2.05, 4.69) is 10.6 Å². The van der Waals surface area contributed by atoms with Gasteiger partial charge in [0.1, 0.15) is 18.4 Å². The fourth-order valence-electron chi connectivity index (χ4n) is 4.55. The maximum atomic E-state index is 13.6. The van der Waals surface area contributed by atoms with Crippen molar-refractivity contribution in [1.29, 1.82) is 0 Å². The van der Waals surface area contributed by atoms with Crippen molar-refractivity contribution in [3.63, 3.8) is 0 Å². The van der Waals surface area contributed by atoms with Crippen molar-refractivity contribution < 1.29 is 41.5 Å². The molecule has 0 saturated carbocycles. The van der Waals surface area contributed by atoms with Crippen LogP contribution in [0.1, 0.15) is 30.0 Å². The molecule has 13 heteroatoms. The number of amides is 5. The third-order valence-electron chi connectivity index (χ3n) is 6.67. The summed E-state index contributed by atoms with van der Waals surface area (Å²) < 4.78 is 59.4. The molecular formula is C25H24F4N4O5. The standard InChI is InChI=1S/C25H24F4N4O5/c1-14(25(27,28)29)32(12-15-3-5-17(26)6-4-15)20(34)13-33-21(35)24(38-23(33)37)10-9-16-11-18(7-8-19(16)24)31-22(36)30-2/h3-8,11,14H,9-10,12-13H2,1-2H3,(H2,30,31,36)/t14?,24-/m0/s1. The Morgan fingerprint density at radius 1 is 1.16 bits per heavy atom. The maximum Gasteiger partial charge on any atom is 0.418 e. The Hall–Kier alpha value is -4.16. The highest BCUT2D eigenvalue weighted by Crippen LogP contribution is 2.46. The normalized spacial score (nSPS) is 19.3. The van der Waals surface area contributed by atoms with E-state index in [1.807, 2.05) is 0 Å². The first-order valence-electron chi connectivity index (χ1n) is 11.6. The molecule has 0 radical (unpaired) electrons. The van der Waals surface area contributed by atoms with Gasteiger partial charge in [0.15, 0.2) is 0 Å². The Morgan fingerprint density at radius 3 is 2.47 bits per heavy atom. The summed E-state index contributed by atoms with van der Waals surface area (Å²) in [5.74, 6) is -2.59. The average Bonchev–Trinajstić information content (AvgIpc) is 3.34. The van der Waals surface area contributed by atoms with Crippen LogP contribution in [0.2, 0.25) is 0 Å². The van der Waals surface area contributed by atoms with Crippen LogP contribution in [-0.2, 0) is 32.9 Å². The van der Waals surface area contributed by atoms with Gasteiger partial charge in [0, 0.05) is 31.3 Å². The first-order chi connectivity index (χ1) is 17.9. The number of nitrogens with one attached hydrogen (secondary N) is 2. The molecule has 2 N–H and O–H groups in total. The zero-order valence-corrected chi connectivity index (χ0v) is 20.4. The summed E-state index contributed by atoms with van der Waals surface area (Å²) in [6.07, 6.45) is -5.55. The molecule has 2 aromatic carbocycles. The molecule has 1 aliphatic carbocycles. The highest BCUT2D eigenvalue weighted by Gasteiger charge is 2.58. The van der Waals surface area contributed by atoms with Gasteiger partial charge in [0.2, 0.25) is 11.5 Å². The number of alkyl halides is 3. The second kappa shape index (κ2) is 9.95. The number of aryl methyl sites for hydroxylation is 1. The summed E-state index contributed by atoms with van der Waals surface area (Å²) in [5, 5.41) is 5.00. The van der Waals surface area contributed by atoms with Crippen LogP contribution in [0.5, 0.6) is 0 Å². The van der Waals surface area contributed by atoms with Gasteiger partial charge in [-0.25, -0.2) is 18.9 Å². The van der Waals surface area contributed by atoms with Gasteiger partial charge in [-0.05, 0) is 48.7 Å². The molecule has 5 amide bonds. The van der Waals surface area contributed by atoms with Crippen LogP contribution in [0, 0.1) is 5.82 Å². The molecule has 0 bridgehead atoms. The van der Waals surface area contributed by atoms with Gasteiger partial charge in [-0.2, -0.15) is 13.2 Å². The Kier molecular flexibility index (Phi) is 7.04. The van der Waals surface area contributed by atoms with Gasteiger partial charge in [0.05, 0.1) is 0 Å². The fraction of sp³-hybridized carbons (Fsp3) is 0.360. The molecule has 2 aliphatic rings. The van der Waals surface area contributed by atoms with E-state index in [0.717, 1.165) is 19.1 Å². The highest BCUT2D eigenvalue weighted by molar-refractivity contribution is 6.06. The number of carbonyl (C=O) groups is 4. The molecule has 4 rings (SSSR count). The van der Waals surface area contributed by atoms with Crippen LogP contribution < -0.4 is 10.6 Å². The van der Waals surface area contributed by atoms with E-state index < -0.39 is 60.7 Å². The van der Waals surface area contributed by atoms with Crippen LogP contribution in [-0.4, -0.2) is 59.5 Å². The number of benzene rings is 2. The lowest BCUT2D eigenvalue weighted by Crippen LogP contribution is -2.51. The van der Waals surface area contributed by atoms with Crippen molar-refractivity contribution in [3.8, 4) is 0 Å². The fourth-order valence-corrected chi connectivity index (χ4v) is 4.55. The van der Waals surface area contributed by atoms with Crippen molar-refractivity contribution in [2.75, 3.05) is 18.9 Å². The van der Waals surface area contributed by atoms with E-state index in [1.165, 1.54) is 31.3 Å². The van der Waals surface area contributed by atoms with Crippen molar-refractivity contribution in [1.82, 2.24) is 15.1 Å². The van der Waals surface area contributed by atoms with Crippen LogP contribution in [0.15, 0.2) is 42.5 Å². The van der Waals surface area contributed by atoms with E-state index in [-0.39, 0.29) is 12.0 Å². The number of anilines is 1. The molecular weight excluding hydrogens is 512 g/mol. The molecule has 1 heterocycles. The lowest BCUT2D eigenvalue weighted by Gasteiger charge is -2.31. The number of ether oxygens (including phenoxy) is 1. The van der Waals surface area contributed by atoms with Gasteiger partial charge >= 0.3 is 18.3 Å². The van der Waals surface area contributed by atoms with Gasteiger partial charge < -0.3 is 20.3 Å². The molecule has 2 aromatic rings. The molecule has 1 saturated heterocycles. The summed E-state index contributed by atoms with van der Waals surface area (Å²) in [4.78, 5) is 51.8. The number of imide groups is 1. The van der Waals surface area contributed by atoms with Gasteiger partial charge in [-0.3, -0.25) is 9.59 Å². The van der Waals surface area contributed by atoms with E-state index in [4.69, 9.17) is 4.74 Å². The van der Waals surface area contributed by atoms with E-state index in [0.29, 0.717) is 33.0 Å². The third kappa shape index (κ3) is 5.00. The Balaban J connectivity index is 1.56. The number of rotatable bonds is 6. The Bertz CT molecular complexity index is 1280. The SMILES string of the molecule is CNC(=O)Nc1ccc2c(c1)CC[C@]21OC(=O)N(CC(=O)N(Cc2ccc(F)cc2)C(C)C(F)(F)F)C1=O. The van der Waals surface area contributed by atoms with Gasteiger partial charge in [0.25, 0.3) is 5.91 Å². The predicted octanol–water partition coefficient (Wildman–Crippen LogP) is 3.68. The quantitative estimate of drug-likeness (QED) is 0.548. The molecule has 202 valence electrons. The second-order valence-electron chi connectivity index (χ2n) is 9.03. The predicted molar refractivity (Wildman–Crippen MR) is 125 cm³/mol. The lowest BCUT2D eigenvalue weighted by molar-refractivity contribution is -0.187. The van der Waals surface area contributed by atoms with Crippen LogP contribution in [0.3, 0.4) is 0 Å². The second-order valence-corrected chi connectivity index (χ2v) is 9.03. The largest absolute Gasteiger partial charge is 0.427 e. The monoisotopic (exact) mass is 536 g/mol. The Morgan fingerprint density at radius 2 is 1.84 bits per heavy atom. The summed E-state index contributed by atoms with van der Waals surface area (Å²) >= 11 is 0. The molecule has 1 unspecified atom stereocenters. The van der Waals surface area contributed by atoms with E-state index in [9.17, 15) is 36.7 Å². The third-order valence-corrected chi connectivity index (χ3v) is 6.67. The first kappa shape index (κ1) is 26.9. The van der Waals surface area contributed by atoms with Crippen molar-refractivity contribution in [3.05, 3.63) is 65.0 Å². The number of carbonyl (C=O) groups excluding carboxylic acids is 4. The number of hydrogen-bond donors (Lipinski definition) is 2. The van der Waals surface area contributed by atoms with Crippen LogP contribution in [0.25, 0.3) is 0 Å². The number of halogens is 4. The molecule has 9 nitrogen and oxygen atoms in total. The molecule has 0 aromatic heterocycles. The summed E-state index contributed by atoms with van der Waals surface area (Å²) in [6.45, 7) is -0.705. The van der Waals surface area contributed by atoms with Crippen LogP contribution >= 0.6 is 0 Å². The molecule has 2 atom stereocenters. The van der Waals surface area contributed by atoms with E-state index in [1.54, 1.807) is 6.07 Å². The lowest BCUT2D eigenvalue weighted by atomic mass is 9.94. The zero-order chi connectivity index (χ0) is 27.8. The van der Waals surface area contributed by atoms with Crippen LogP contribution in [0.4, 0.5) is 32.8 Å². The smallest absolute Gasteiger partial charge is 0.418 e. The average molecular weight is 536 g/mol. The molecule has 1 fully saturated rings. The topological polar surface area (TPSA) is 108 Å². The minimum Gasteiger partial charge on any atom is -0.427 e. The zero-order valence-electron chi connectivity index (χ0n) is 20.4.